The van der Waals surface area contributed by atoms with E-state index in [1.807, 2.05) is 12.5 Å². The highest BCUT2D eigenvalue weighted by Gasteiger charge is 2.64. The number of fused-ring (bicyclic) bond motifs is 2. The fraction of sp³-hybridized carbons (Fsp3) is 0.533. The lowest BCUT2D eigenvalue weighted by molar-refractivity contribution is 0.549. The van der Waals surface area contributed by atoms with E-state index in [0.29, 0.717) is 5.41 Å². The maximum Gasteiger partial charge on any atom is 0.0992 e. The van der Waals surface area contributed by atoms with Gasteiger partial charge in [0, 0.05) is 11.6 Å². The predicted molar refractivity (Wildman–Crippen MR) is 68.1 cm³/mol. The average Bonchev–Trinajstić information content (AvgIpc) is 2.81. The van der Waals surface area contributed by atoms with Crippen molar-refractivity contribution in [3.63, 3.8) is 0 Å². The molecule has 2 heterocycles. The Kier molecular flexibility index (Phi) is 1.67. The second-order valence-corrected chi connectivity index (χ2v) is 5.99. The smallest absolute Gasteiger partial charge is 0.0992 e. The van der Waals surface area contributed by atoms with Gasteiger partial charge < -0.3 is 4.40 Å². The largest absolute Gasteiger partial charge is 0.306 e. The van der Waals surface area contributed by atoms with Crippen LogP contribution in [-0.4, -0.2) is 9.38 Å². The number of aryl methyl sites for hydroxylation is 1. The van der Waals surface area contributed by atoms with Gasteiger partial charge in [-0.05, 0) is 48.8 Å². The number of pyridine rings is 1. The molecular weight excluding hydrogens is 208 g/mol. The Labute approximate surface area is 102 Å². The fourth-order valence-electron chi connectivity index (χ4n) is 4.42. The highest BCUT2D eigenvalue weighted by molar-refractivity contribution is 5.63. The van der Waals surface area contributed by atoms with Crippen molar-refractivity contribution in [3.8, 4) is 0 Å². The molecule has 0 N–H and O–H groups in total. The van der Waals surface area contributed by atoms with Gasteiger partial charge in [-0.1, -0.05) is 13.3 Å². The molecule has 2 heteroatoms. The van der Waals surface area contributed by atoms with Crippen LogP contribution in [0.25, 0.3) is 5.52 Å². The van der Waals surface area contributed by atoms with Crippen molar-refractivity contribution in [3.05, 3.63) is 35.9 Å². The summed E-state index contributed by atoms with van der Waals surface area (Å²) in [5, 5.41) is 0. The molecule has 2 aromatic rings. The minimum absolute atomic E-state index is 0.435. The van der Waals surface area contributed by atoms with E-state index >= 15 is 0 Å². The van der Waals surface area contributed by atoms with Gasteiger partial charge in [-0.15, -0.1) is 0 Å². The molecule has 2 aliphatic rings. The number of aromatic nitrogens is 2. The predicted octanol–water partition coefficient (Wildman–Crippen LogP) is 3.33. The third-order valence-electron chi connectivity index (χ3n) is 5.29. The Hall–Kier alpha value is -1.31. The van der Waals surface area contributed by atoms with E-state index in [1.165, 1.54) is 30.3 Å². The first-order valence-electron chi connectivity index (χ1n) is 6.64. The van der Waals surface area contributed by atoms with Crippen LogP contribution < -0.4 is 0 Å². The maximum absolute atomic E-state index is 4.30. The van der Waals surface area contributed by atoms with Crippen molar-refractivity contribution >= 4 is 5.52 Å². The average molecular weight is 226 g/mol. The maximum atomic E-state index is 4.30. The number of rotatable bonds is 1. The first-order chi connectivity index (χ1) is 8.23. The summed E-state index contributed by atoms with van der Waals surface area (Å²) in [5.41, 5.74) is 4.76. The van der Waals surface area contributed by atoms with Gasteiger partial charge in [-0.25, -0.2) is 4.98 Å². The summed E-state index contributed by atoms with van der Waals surface area (Å²) in [7, 11) is 0. The van der Waals surface area contributed by atoms with E-state index in [4.69, 9.17) is 0 Å². The first-order valence-corrected chi connectivity index (χ1v) is 6.64. The van der Waals surface area contributed by atoms with Crippen LogP contribution in [0.5, 0.6) is 0 Å². The van der Waals surface area contributed by atoms with Crippen molar-refractivity contribution in [1.82, 2.24) is 9.38 Å². The van der Waals surface area contributed by atoms with Gasteiger partial charge in [0.05, 0.1) is 18.0 Å². The van der Waals surface area contributed by atoms with Crippen LogP contribution in [0.3, 0.4) is 0 Å². The summed E-state index contributed by atoms with van der Waals surface area (Å²) in [6, 6.07) is 2.24. The van der Waals surface area contributed by atoms with E-state index in [2.05, 4.69) is 35.5 Å². The zero-order valence-corrected chi connectivity index (χ0v) is 10.5. The number of hydrogen-bond acceptors (Lipinski definition) is 1. The van der Waals surface area contributed by atoms with Gasteiger partial charge in [0.2, 0.25) is 0 Å². The molecule has 2 nitrogen and oxygen atoms in total. The zero-order valence-electron chi connectivity index (χ0n) is 10.5. The lowest BCUT2D eigenvalue weighted by Crippen LogP contribution is -2.12. The molecule has 2 unspecified atom stereocenters. The van der Waals surface area contributed by atoms with Gasteiger partial charge >= 0.3 is 0 Å². The molecule has 2 atom stereocenters. The van der Waals surface area contributed by atoms with Gasteiger partial charge in [0.25, 0.3) is 0 Å². The molecule has 0 spiro atoms. The van der Waals surface area contributed by atoms with Gasteiger partial charge in [0.1, 0.15) is 0 Å². The van der Waals surface area contributed by atoms with Crippen molar-refractivity contribution in [2.75, 3.05) is 0 Å². The molecular formula is C15H18N2. The summed E-state index contributed by atoms with van der Waals surface area (Å²) < 4.78 is 2.17. The molecule has 2 aromatic heterocycles. The van der Waals surface area contributed by atoms with Gasteiger partial charge in [-0.3, -0.25) is 0 Å². The molecule has 0 saturated heterocycles. The van der Waals surface area contributed by atoms with E-state index in [9.17, 15) is 0 Å². The lowest BCUT2D eigenvalue weighted by atomic mass is 9.86. The van der Waals surface area contributed by atoms with E-state index in [-0.39, 0.29) is 0 Å². The minimum atomic E-state index is 0.435. The Morgan fingerprint density at radius 3 is 2.88 bits per heavy atom. The van der Waals surface area contributed by atoms with E-state index in [1.54, 1.807) is 5.56 Å². The number of nitrogens with zero attached hydrogens (tertiary/aromatic N) is 2. The Balaban J connectivity index is 1.96. The molecule has 88 valence electrons. The standard InChI is InChI=1S/C15H18N2/c1-10-6-7-17-9-16-8-13(17)14(10)15(2)11-4-3-5-12(11)15/h6-9,11-12H,3-5H2,1-2H3. The molecule has 0 bridgehead atoms. The molecule has 17 heavy (non-hydrogen) atoms. The molecule has 2 saturated carbocycles. The monoisotopic (exact) mass is 226 g/mol. The van der Waals surface area contributed by atoms with Crippen molar-refractivity contribution in [2.45, 2.75) is 38.5 Å². The van der Waals surface area contributed by atoms with Crippen LogP contribution in [0.15, 0.2) is 24.8 Å². The highest BCUT2D eigenvalue weighted by atomic mass is 15.0. The van der Waals surface area contributed by atoms with Crippen molar-refractivity contribution < 1.29 is 0 Å². The number of imidazole rings is 1. The SMILES string of the molecule is Cc1ccn2cncc2c1C1(C)C2CCCC21. The van der Waals surface area contributed by atoms with Crippen LogP contribution in [0.2, 0.25) is 0 Å². The first kappa shape index (κ1) is 9.69. The van der Waals surface area contributed by atoms with Crippen molar-refractivity contribution in [2.24, 2.45) is 11.8 Å². The molecule has 0 amide bonds. The lowest BCUT2D eigenvalue weighted by Gasteiger charge is -2.19. The molecule has 0 aliphatic heterocycles. The topological polar surface area (TPSA) is 17.3 Å². The summed E-state index contributed by atoms with van der Waals surface area (Å²) in [5.74, 6) is 1.87. The summed E-state index contributed by atoms with van der Waals surface area (Å²) in [4.78, 5) is 4.30. The van der Waals surface area contributed by atoms with Crippen molar-refractivity contribution in [1.29, 1.82) is 0 Å². The Bertz CT molecular complexity index is 586. The second-order valence-electron chi connectivity index (χ2n) is 5.99. The Morgan fingerprint density at radius 2 is 2.12 bits per heavy atom. The third-order valence-corrected chi connectivity index (χ3v) is 5.29. The van der Waals surface area contributed by atoms with Crippen LogP contribution in [0.1, 0.15) is 37.3 Å². The zero-order chi connectivity index (χ0) is 11.6. The van der Waals surface area contributed by atoms with Gasteiger partial charge in [0.15, 0.2) is 0 Å². The van der Waals surface area contributed by atoms with Crippen LogP contribution in [0, 0.1) is 18.8 Å². The number of hydrogen-bond donors (Lipinski definition) is 0. The molecule has 2 aliphatic carbocycles. The molecule has 0 aromatic carbocycles. The quantitative estimate of drug-likeness (QED) is 0.729. The summed E-state index contributed by atoms with van der Waals surface area (Å²) in [6.45, 7) is 4.72. The molecule has 4 rings (SSSR count). The third kappa shape index (κ3) is 1.04. The minimum Gasteiger partial charge on any atom is -0.306 e. The molecule has 0 radical (unpaired) electrons. The normalized spacial score (nSPS) is 35.2. The van der Waals surface area contributed by atoms with E-state index in [0.717, 1.165) is 11.8 Å². The van der Waals surface area contributed by atoms with Gasteiger partial charge in [-0.2, -0.15) is 0 Å². The van der Waals surface area contributed by atoms with Crippen LogP contribution >= 0.6 is 0 Å². The fourth-order valence-corrected chi connectivity index (χ4v) is 4.42. The molecule has 2 fully saturated rings. The van der Waals surface area contributed by atoms with Crippen LogP contribution in [-0.2, 0) is 5.41 Å². The summed E-state index contributed by atoms with van der Waals surface area (Å²) in [6.07, 6.45) is 10.4. The van der Waals surface area contributed by atoms with E-state index < -0.39 is 0 Å². The van der Waals surface area contributed by atoms with Crippen LogP contribution in [0.4, 0.5) is 0 Å². The second kappa shape index (κ2) is 2.92. The summed E-state index contributed by atoms with van der Waals surface area (Å²) >= 11 is 0. The highest BCUT2D eigenvalue weighted by Crippen LogP contribution is 2.68. The Morgan fingerprint density at radius 1 is 1.35 bits per heavy atom.